The van der Waals surface area contributed by atoms with Gasteiger partial charge in [-0.1, -0.05) is 6.08 Å². The van der Waals surface area contributed by atoms with Gasteiger partial charge in [0.05, 0.1) is 0 Å². The smallest absolute Gasteiger partial charge is 0.235 e. The van der Waals surface area contributed by atoms with Gasteiger partial charge in [-0.05, 0) is 12.6 Å². The number of nitrogens with zero attached hydrogens (tertiary/aromatic N) is 1. The highest BCUT2D eigenvalue weighted by Gasteiger charge is 2.44. The topological polar surface area (TPSA) is 89.4 Å². The van der Waals surface area contributed by atoms with Crippen LogP contribution in [0.4, 0.5) is 0 Å². The van der Waals surface area contributed by atoms with E-state index >= 15 is 0 Å². The molecule has 5 heteroatoms. The molecule has 1 aliphatic rings. The van der Waals surface area contributed by atoms with Crippen molar-refractivity contribution < 1.29 is 9.59 Å². The zero-order chi connectivity index (χ0) is 10.1. The maximum absolute atomic E-state index is 11.1. The molecule has 0 atom stereocenters. The van der Waals surface area contributed by atoms with Crippen LogP contribution in [0.2, 0.25) is 0 Å². The number of nitrogens with two attached hydrogens (primary N) is 2. The molecule has 13 heavy (non-hydrogen) atoms. The van der Waals surface area contributed by atoms with Crippen LogP contribution >= 0.6 is 0 Å². The van der Waals surface area contributed by atoms with Crippen molar-refractivity contribution in [2.24, 2.45) is 16.9 Å². The van der Waals surface area contributed by atoms with Crippen molar-refractivity contribution in [3.8, 4) is 0 Å². The number of carbonyl (C=O) groups excluding carboxylic acids is 2. The third-order valence-corrected chi connectivity index (χ3v) is 2.29. The molecule has 0 bridgehead atoms. The summed E-state index contributed by atoms with van der Waals surface area (Å²) in [6, 6.07) is 0. The van der Waals surface area contributed by atoms with Gasteiger partial charge in [0.2, 0.25) is 11.8 Å². The molecule has 0 radical (unpaired) electrons. The van der Waals surface area contributed by atoms with Crippen LogP contribution in [0.1, 0.15) is 6.42 Å². The summed E-state index contributed by atoms with van der Waals surface area (Å²) in [6.07, 6.45) is 3.81. The normalized spacial score (nSPS) is 19.9. The van der Waals surface area contributed by atoms with Gasteiger partial charge in [0.25, 0.3) is 0 Å². The number of amides is 2. The average Bonchev–Trinajstić information content (AvgIpc) is 2.03. The van der Waals surface area contributed by atoms with E-state index in [1.807, 2.05) is 0 Å². The van der Waals surface area contributed by atoms with Crippen molar-refractivity contribution in [1.82, 2.24) is 4.90 Å². The third kappa shape index (κ3) is 1.49. The molecule has 5 nitrogen and oxygen atoms in total. The molecule has 0 saturated heterocycles. The Morgan fingerprint density at radius 3 is 2.23 bits per heavy atom. The Kier molecular flexibility index (Phi) is 2.27. The second-order valence-corrected chi connectivity index (χ2v) is 3.31. The molecule has 0 aromatic rings. The van der Waals surface area contributed by atoms with Crippen molar-refractivity contribution in [2.45, 2.75) is 6.42 Å². The summed E-state index contributed by atoms with van der Waals surface area (Å²) in [7, 11) is 1.76. The SMILES string of the molecule is CN1C=CCC(C(N)=O)(C(N)=O)C1. The highest BCUT2D eigenvalue weighted by molar-refractivity contribution is 6.04. The molecule has 0 spiro atoms. The molecular weight excluding hydrogens is 170 g/mol. The Morgan fingerprint density at radius 1 is 1.38 bits per heavy atom. The van der Waals surface area contributed by atoms with Crippen molar-refractivity contribution in [3.63, 3.8) is 0 Å². The van der Waals surface area contributed by atoms with Crippen molar-refractivity contribution in [2.75, 3.05) is 13.6 Å². The molecular formula is C8H13N3O2. The first-order valence-corrected chi connectivity index (χ1v) is 3.96. The molecule has 1 rings (SSSR count). The second kappa shape index (κ2) is 3.08. The largest absolute Gasteiger partial charge is 0.379 e. The van der Waals surface area contributed by atoms with E-state index in [2.05, 4.69) is 0 Å². The third-order valence-electron chi connectivity index (χ3n) is 2.29. The standard InChI is InChI=1S/C8H13N3O2/c1-11-4-2-3-8(5-11,6(9)12)7(10)13/h2,4H,3,5H2,1H3,(H2,9,12)(H2,10,13). The van der Waals surface area contributed by atoms with Gasteiger partial charge in [0.1, 0.15) is 5.41 Å². The van der Waals surface area contributed by atoms with E-state index in [4.69, 9.17) is 11.5 Å². The minimum absolute atomic E-state index is 0.258. The average molecular weight is 183 g/mol. The first-order valence-electron chi connectivity index (χ1n) is 3.96. The number of carbonyl (C=O) groups is 2. The second-order valence-electron chi connectivity index (χ2n) is 3.31. The van der Waals surface area contributed by atoms with E-state index in [9.17, 15) is 9.59 Å². The lowest BCUT2D eigenvalue weighted by molar-refractivity contribution is -0.140. The van der Waals surface area contributed by atoms with Gasteiger partial charge in [-0.2, -0.15) is 0 Å². The van der Waals surface area contributed by atoms with Gasteiger partial charge < -0.3 is 16.4 Å². The van der Waals surface area contributed by atoms with Crippen LogP contribution < -0.4 is 11.5 Å². The van der Waals surface area contributed by atoms with E-state index in [0.717, 1.165) is 0 Å². The quantitative estimate of drug-likeness (QED) is 0.526. The lowest BCUT2D eigenvalue weighted by Crippen LogP contribution is -2.54. The monoisotopic (exact) mass is 183 g/mol. The minimum atomic E-state index is -1.23. The fourth-order valence-electron chi connectivity index (χ4n) is 1.46. The predicted octanol–water partition coefficient (Wildman–Crippen LogP) is -1.21. The Bertz CT molecular complexity index is 259. The summed E-state index contributed by atoms with van der Waals surface area (Å²) in [5, 5.41) is 0. The lowest BCUT2D eigenvalue weighted by Gasteiger charge is -2.33. The highest BCUT2D eigenvalue weighted by atomic mass is 16.2. The number of allylic oxidation sites excluding steroid dienone is 1. The van der Waals surface area contributed by atoms with E-state index in [0.29, 0.717) is 6.42 Å². The van der Waals surface area contributed by atoms with Crippen molar-refractivity contribution >= 4 is 11.8 Å². The summed E-state index contributed by atoms with van der Waals surface area (Å²) in [5.74, 6) is -1.31. The molecule has 1 heterocycles. The molecule has 4 N–H and O–H groups in total. The minimum Gasteiger partial charge on any atom is -0.379 e. The first kappa shape index (κ1) is 9.57. The predicted molar refractivity (Wildman–Crippen MR) is 47.2 cm³/mol. The summed E-state index contributed by atoms with van der Waals surface area (Å²) in [5.41, 5.74) is 9.10. The van der Waals surface area contributed by atoms with Crippen molar-refractivity contribution in [3.05, 3.63) is 12.3 Å². The molecule has 72 valence electrons. The van der Waals surface area contributed by atoms with Gasteiger partial charge in [-0.3, -0.25) is 9.59 Å². The van der Waals surface area contributed by atoms with Crippen LogP contribution in [0.25, 0.3) is 0 Å². The summed E-state index contributed by atoms with van der Waals surface area (Å²) in [4.78, 5) is 24.0. The van der Waals surface area contributed by atoms with E-state index < -0.39 is 17.2 Å². The molecule has 0 saturated carbocycles. The van der Waals surface area contributed by atoms with Crippen LogP contribution in [0, 0.1) is 5.41 Å². The molecule has 2 amide bonds. The van der Waals surface area contributed by atoms with Gasteiger partial charge in [-0.25, -0.2) is 0 Å². The van der Waals surface area contributed by atoms with Crippen LogP contribution in [0.15, 0.2) is 12.3 Å². The Labute approximate surface area is 76.4 Å². The number of hydrogen-bond donors (Lipinski definition) is 2. The number of hydrogen-bond acceptors (Lipinski definition) is 3. The van der Waals surface area contributed by atoms with Gasteiger partial charge in [-0.15, -0.1) is 0 Å². The summed E-state index contributed by atoms with van der Waals surface area (Å²) < 4.78 is 0. The number of rotatable bonds is 2. The maximum Gasteiger partial charge on any atom is 0.235 e. The van der Waals surface area contributed by atoms with Crippen LogP contribution in [0.3, 0.4) is 0 Å². The molecule has 1 aliphatic heterocycles. The van der Waals surface area contributed by atoms with E-state index in [1.54, 1.807) is 24.2 Å². The summed E-state index contributed by atoms with van der Waals surface area (Å²) in [6.45, 7) is 0.258. The maximum atomic E-state index is 11.1. The van der Waals surface area contributed by atoms with Crippen molar-refractivity contribution in [1.29, 1.82) is 0 Å². The Hall–Kier alpha value is -1.52. The Morgan fingerprint density at radius 2 is 1.92 bits per heavy atom. The Balaban J connectivity index is 3.00. The van der Waals surface area contributed by atoms with Crippen LogP contribution in [0.5, 0.6) is 0 Å². The van der Waals surface area contributed by atoms with Gasteiger partial charge >= 0.3 is 0 Å². The molecule has 0 unspecified atom stereocenters. The zero-order valence-electron chi connectivity index (χ0n) is 7.49. The van der Waals surface area contributed by atoms with E-state index in [1.165, 1.54) is 0 Å². The molecule has 0 aromatic heterocycles. The van der Waals surface area contributed by atoms with Crippen LogP contribution in [-0.4, -0.2) is 30.3 Å². The fourth-order valence-corrected chi connectivity index (χ4v) is 1.46. The lowest BCUT2D eigenvalue weighted by atomic mass is 9.81. The molecule has 0 fully saturated rings. The fraction of sp³-hybridized carbons (Fsp3) is 0.500. The first-order chi connectivity index (χ1) is 5.99. The summed E-state index contributed by atoms with van der Waals surface area (Å²) >= 11 is 0. The van der Waals surface area contributed by atoms with Crippen LogP contribution in [-0.2, 0) is 9.59 Å². The van der Waals surface area contributed by atoms with Gasteiger partial charge in [0, 0.05) is 13.6 Å². The zero-order valence-corrected chi connectivity index (χ0v) is 7.49. The van der Waals surface area contributed by atoms with E-state index in [-0.39, 0.29) is 6.54 Å². The van der Waals surface area contributed by atoms with Gasteiger partial charge in [0.15, 0.2) is 0 Å². The molecule has 0 aromatic carbocycles. The number of primary amides is 2. The molecule has 0 aliphatic carbocycles. The highest BCUT2D eigenvalue weighted by Crippen LogP contribution is 2.26.